The van der Waals surface area contributed by atoms with Crippen molar-refractivity contribution in [3.63, 3.8) is 0 Å². The molecule has 1 aliphatic rings. The molecule has 2 aromatic rings. The van der Waals surface area contributed by atoms with Crippen molar-refractivity contribution in [1.82, 2.24) is 5.06 Å². The Balaban J connectivity index is 1.82. The molecule has 162 valence electrons. The van der Waals surface area contributed by atoms with Crippen molar-refractivity contribution in [3.05, 3.63) is 64.7 Å². The molecule has 0 bridgehead atoms. The summed E-state index contributed by atoms with van der Waals surface area (Å²) in [7, 11) is 1.57. The molecule has 0 spiro atoms. The van der Waals surface area contributed by atoms with Crippen LogP contribution in [0.15, 0.2) is 42.5 Å². The number of aliphatic hydroxyl groups is 2. The van der Waals surface area contributed by atoms with Crippen molar-refractivity contribution in [2.24, 2.45) is 0 Å². The highest BCUT2D eigenvalue weighted by atomic mass is 16.8. The summed E-state index contributed by atoms with van der Waals surface area (Å²) in [4.78, 5) is 19.0. The highest BCUT2D eigenvalue weighted by Gasteiger charge is 2.25. The van der Waals surface area contributed by atoms with Crippen LogP contribution < -0.4 is 4.74 Å². The molecule has 1 atom stereocenters. The summed E-state index contributed by atoms with van der Waals surface area (Å²) in [5, 5.41) is 21.0. The van der Waals surface area contributed by atoms with E-state index in [4.69, 9.17) is 14.3 Å². The number of hydroxylamine groups is 2. The molecule has 7 nitrogen and oxygen atoms in total. The van der Waals surface area contributed by atoms with Crippen LogP contribution >= 0.6 is 0 Å². The van der Waals surface area contributed by atoms with E-state index in [-0.39, 0.29) is 25.8 Å². The number of rotatable bonds is 10. The van der Waals surface area contributed by atoms with E-state index in [0.717, 1.165) is 25.9 Å². The van der Waals surface area contributed by atoms with E-state index in [9.17, 15) is 15.0 Å². The molecule has 30 heavy (non-hydrogen) atoms. The summed E-state index contributed by atoms with van der Waals surface area (Å²) >= 11 is 0. The molecule has 0 amide bonds. The van der Waals surface area contributed by atoms with Crippen LogP contribution in [0, 0.1) is 0 Å². The Kier molecular flexibility index (Phi) is 8.36. The van der Waals surface area contributed by atoms with Gasteiger partial charge >= 0.3 is 0 Å². The Morgan fingerprint density at radius 3 is 2.20 bits per heavy atom. The average molecular weight is 415 g/mol. The third kappa shape index (κ3) is 5.87. The van der Waals surface area contributed by atoms with Gasteiger partial charge in [0.25, 0.3) is 0 Å². The number of ketones is 1. The largest absolute Gasteiger partial charge is 0.497 e. The Hall–Kier alpha value is -2.29. The van der Waals surface area contributed by atoms with Gasteiger partial charge in [0.15, 0.2) is 12.6 Å². The molecule has 1 heterocycles. The first-order chi connectivity index (χ1) is 14.6. The predicted molar refractivity (Wildman–Crippen MR) is 111 cm³/mol. The summed E-state index contributed by atoms with van der Waals surface area (Å²) in [6, 6.07) is 11.9. The molecule has 1 saturated heterocycles. The Morgan fingerprint density at radius 1 is 1.00 bits per heavy atom. The molecule has 1 aliphatic heterocycles. The average Bonchev–Trinajstić information content (AvgIpc) is 2.81. The van der Waals surface area contributed by atoms with Crippen molar-refractivity contribution in [2.75, 3.05) is 27.0 Å². The summed E-state index contributed by atoms with van der Waals surface area (Å²) < 4.78 is 11.1. The number of carbonyl (C=O) groups is 1. The fraction of sp³-hybridized carbons (Fsp3) is 0.435. The van der Waals surface area contributed by atoms with E-state index in [1.165, 1.54) is 6.42 Å². The van der Waals surface area contributed by atoms with Crippen LogP contribution in [-0.2, 0) is 22.8 Å². The molecule has 3 rings (SSSR count). The van der Waals surface area contributed by atoms with Crippen LogP contribution in [0.4, 0.5) is 0 Å². The standard InChI is InChI=1S/C23H29NO6/c1-28-21-7-5-19(6-8-21)22(27)23(29-16-30-24-9-3-2-4-10-24)20-12-17(14-25)11-18(13-20)15-26/h5-8,11-13,23,25-26H,2-4,9-10,14-16H2,1H3. The molecule has 2 aromatic carbocycles. The zero-order chi connectivity index (χ0) is 21.3. The number of hydrogen-bond donors (Lipinski definition) is 2. The molecular weight excluding hydrogens is 386 g/mol. The maximum Gasteiger partial charge on any atom is 0.196 e. The van der Waals surface area contributed by atoms with E-state index < -0.39 is 6.10 Å². The van der Waals surface area contributed by atoms with Crippen LogP contribution in [0.2, 0.25) is 0 Å². The van der Waals surface area contributed by atoms with Gasteiger partial charge in [0.1, 0.15) is 11.9 Å². The second-order valence-electron chi connectivity index (χ2n) is 7.28. The molecule has 0 aromatic heterocycles. The smallest absolute Gasteiger partial charge is 0.196 e. The predicted octanol–water partition coefficient (Wildman–Crippen LogP) is 3.00. The highest BCUT2D eigenvalue weighted by molar-refractivity contribution is 6.00. The second kappa shape index (κ2) is 11.2. The number of Topliss-reactive ketones (excluding diaryl/α,β-unsaturated/α-hetero) is 1. The van der Waals surface area contributed by atoms with Gasteiger partial charge in [-0.2, -0.15) is 5.06 Å². The fourth-order valence-corrected chi connectivity index (χ4v) is 3.52. The van der Waals surface area contributed by atoms with E-state index >= 15 is 0 Å². The fourth-order valence-electron chi connectivity index (χ4n) is 3.52. The van der Waals surface area contributed by atoms with Gasteiger partial charge in [-0.3, -0.25) is 9.63 Å². The first kappa shape index (κ1) is 22.4. The van der Waals surface area contributed by atoms with Gasteiger partial charge < -0.3 is 19.7 Å². The first-order valence-electron chi connectivity index (χ1n) is 10.2. The molecule has 0 radical (unpaired) electrons. The summed E-state index contributed by atoms with van der Waals surface area (Å²) in [5.74, 6) is 0.418. The molecule has 2 N–H and O–H groups in total. The lowest BCUT2D eigenvalue weighted by Gasteiger charge is -2.26. The minimum absolute atomic E-state index is 0.0651. The molecule has 7 heteroatoms. The Morgan fingerprint density at radius 2 is 1.63 bits per heavy atom. The van der Waals surface area contributed by atoms with Crippen LogP contribution in [0.5, 0.6) is 5.75 Å². The van der Waals surface area contributed by atoms with Gasteiger partial charge in [-0.05, 0) is 53.8 Å². The third-order valence-electron chi connectivity index (χ3n) is 5.14. The number of ether oxygens (including phenoxy) is 2. The van der Waals surface area contributed by atoms with Crippen molar-refractivity contribution in [3.8, 4) is 5.75 Å². The monoisotopic (exact) mass is 415 g/mol. The third-order valence-corrected chi connectivity index (χ3v) is 5.14. The lowest BCUT2D eigenvalue weighted by molar-refractivity contribution is -0.237. The van der Waals surface area contributed by atoms with Gasteiger partial charge in [0, 0.05) is 18.7 Å². The second-order valence-corrected chi connectivity index (χ2v) is 7.28. The number of piperidine rings is 1. The van der Waals surface area contributed by atoms with Gasteiger partial charge in [-0.15, -0.1) is 0 Å². The SMILES string of the molecule is COc1ccc(C(=O)C(OCON2CCCCC2)c2cc(CO)cc(CO)c2)cc1. The van der Waals surface area contributed by atoms with Crippen molar-refractivity contribution in [1.29, 1.82) is 0 Å². The van der Waals surface area contributed by atoms with Gasteiger partial charge in [0.2, 0.25) is 0 Å². The number of carbonyl (C=O) groups excluding carboxylic acids is 1. The van der Waals surface area contributed by atoms with E-state index in [1.54, 1.807) is 49.6 Å². The highest BCUT2D eigenvalue weighted by Crippen LogP contribution is 2.26. The van der Waals surface area contributed by atoms with E-state index in [1.807, 2.05) is 5.06 Å². The topological polar surface area (TPSA) is 88.5 Å². The van der Waals surface area contributed by atoms with Crippen LogP contribution in [-0.4, -0.2) is 48.1 Å². The zero-order valence-electron chi connectivity index (χ0n) is 17.3. The lowest BCUT2D eigenvalue weighted by Crippen LogP contribution is -2.31. The molecule has 0 saturated carbocycles. The number of nitrogens with zero attached hydrogens (tertiary/aromatic N) is 1. The number of methoxy groups -OCH3 is 1. The van der Waals surface area contributed by atoms with E-state index in [2.05, 4.69) is 0 Å². The van der Waals surface area contributed by atoms with Gasteiger partial charge in [-0.1, -0.05) is 24.6 Å². The maximum absolute atomic E-state index is 13.3. The minimum Gasteiger partial charge on any atom is -0.497 e. The summed E-state index contributed by atoms with van der Waals surface area (Å²) in [5.41, 5.74) is 2.24. The Labute approximate surface area is 176 Å². The van der Waals surface area contributed by atoms with Crippen molar-refractivity contribution < 1.29 is 29.3 Å². The normalized spacial score (nSPS) is 15.7. The van der Waals surface area contributed by atoms with Gasteiger partial charge in [-0.25, -0.2) is 0 Å². The summed E-state index contributed by atoms with van der Waals surface area (Å²) in [6.45, 7) is 1.22. The molecule has 1 fully saturated rings. The number of hydrogen-bond acceptors (Lipinski definition) is 7. The Bertz CT molecular complexity index is 795. The molecule has 0 aliphatic carbocycles. The van der Waals surface area contributed by atoms with Crippen LogP contribution in [0.1, 0.15) is 52.4 Å². The zero-order valence-corrected chi connectivity index (χ0v) is 17.3. The molecule has 1 unspecified atom stereocenters. The van der Waals surface area contributed by atoms with Gasteiger partial charge in [0.05, 0.1) is 20.3 Å². The van der Waals surface area contributed by atoms with Crippen LogP contribution in [0.25, 0.3) is 0 Å². The number of benzene rings is 2. The quantitative estimate of drug-likeness (QED) is 0.456. The first-order valence-corrected chi connectivity index (χ1v) is 10.2. The van der Waals surface area contributed by atoms with Crippen molar-refractivity contribution in [2.45, 2.75) is 38.6 Å². The van der Waals surface area contributed by atoms with E-state index in [0.29, 0.717) is 28.0 Å². The minimum atomic E-state index is -0.931. The lowest BCUT2D eigenvalue weighted by atomic mass is 9.96. The van der Waals surface area contributed by atoms with Crippen molar-refractivity contribution >= 4 is 5.78 Å². The maximum atomic E-state index is 13.3. The molecular formula is C23H29NO6. The summed E-state index contributed by atoms with van der Waals surface area (Å²) in [6.07, 6.45) is 2.41. The van der Waals surface area contributed by atoms with Crippen LogP contribution in [0.3, 0.4) is 0 Å². The number of aliphatic hydroxyl groups excluding tert-OH is 2.